The summed E-state index contributed by atoms with van der Waals surface area (Å²) in [6.45, 7) is 0. The van der Waals surface area contributed by atoms with E-state index in [1.165, 1.54) is 0 Å². The Hall–Kier alpha value is -1.66. The van der Waals surface area contributed by atoms with Gasteiger partial charge in [-0.15, -0.1) is 0 Å². The van der Waals surface area contributed by atoms with Crippen molar-refractivity contribution in [2.24, 2.45) is 0 Å². The summed E-state index contributed by atoms with van der Waals surface area (Å²) in [4.78, 5) is 13.7. The Morgan fingerprint density at radius 3 is 2.53 bits per heavy atom. The first-order chi connectivity index (χ1) is 6.86. The zero-order valence-corrected chi connectivity index (χ0v) is 7.43. The fourth-order valence-corrected chi connectivity index (χ4v) is 0.856. The zero-order valence-electron chi connectivity index (χ0n) is 7.43. The van der Waals surface area contributed by atoms with Crippen molar-refractivity contribution in [3.05, 3.63) is 29.3 Å². The van der Waals surface area contributed by atoms with Gasteiger partial charge in [0.15, 0.2) is 0 Å². The van der Waals surface area contributed by atoms with Crippen molar-refractivity contribution in [3.8, 4) is 0 Å². The van der Waals surface area contributed by atoms with E-state index in [9.17, 15) is 22.4 Å². The third-order valence-corrected chi connectivity index (χ3v) is 1.57. The number of esters is 1. The number of carbonyl (C=O) groups excluding carboxylic acids is 1. The van der Waals surface area contributed by atoms with Crippen molar-refractivity contribution < 1.29 is 27.1 Å². The fourth-order valence-electron chi connectivity index (χ4n) is 0.856. The minimum absolute atomic E-state index is 0.307. The maximum absolute atomic E-state index is 12.8. The number of alkyl halides is 3. The molecule has 0 aliphatic heterocycles. The predicted molar refractivity (Wildman–Crippen MR) is 40.5 cm³/mol. The van der Waals surface area contributed by atoms with Crippen LogP contribution in [0.2, 0.25) is 0 Å². The highest BCUT2D eigenvalue weighted by Gasteiger charge is 2.32. The van der Waals surface area contributed by atoms with Crippen molar-refractivity contribution in [2.45, 2.75) is 6.18 Å². The number of pyridine rings is 1. The van der Waals surface area contributed by atoms with Gasteiger partial charge in [0, 0.05) is 6.20 Å². The largest absolute Gasteiger partial charge is 0.465 e. The van der Waals surface area contributed by atoms with E-state index in [-0.39, 0.29) is 0 Å². The molecule has 0 N–H and O–H groups in total. The molecule has 0 aromatic carbocycles. The molecule has 0 unspecified atom stereocenters. The van der Waals surface area contributed by atoms with Crippen molar-refractivity contribution in [1.29, 1.82) is 0 Å². The third kappa shape index (κ3) is 2.42. The summed E-state index contributed by atoms with van der Waals surface area (Å²) in [7, 11) is 0.933. The monoisotopic (exact) mass is 223 g/mol. The average Bonchev–Trinajstić information content (AvgIpc) is 2.15. The maximum atomic E-state index is 12.8. The highest BCUT2D eigenvalue weighted by atomic mass is 19.4. The molecule has 0 saturated carbocycles. The first kappa shape index (κ1) is 11.4. The predicted octanol–water partition coefficient (Wildman–Crippen LogP) is 2.03. The minimum Gasteiger partial charge on any atom is -0.465 e. The van der Waals surface area contributed by atoms with Gasteiger partial charge in [-0.05, 0) is 6.07 Å². The van der Waals surface area contributed by atoms with E-state index in [0.29, 0.717) is 12.3 Å². The number of carbonyl (C=O) groups is 1. The van der Waals surface area contributed by atoms with Gasteiger partial charge in [0.05, 0.1) is 12.7 Å². The molecule has 0 bridgehead atoms. The van der Waals surface area contributed by atoms with E-state index < -0.39 is 29.2 Å². The Bertz CT molecular complexity index is 389. The van der Waals surface area contributed by atoms with E-state index in [2.05, 4.69) is 9.72 Å². The molecule has 0 aliphatic rings. The molecule has 0 atom stereocenters. The molecular formula is C8H5F4NO2. The van der Waals surface area contributed by atoms with Crippen molar-refractivity contribution in [3.63, 3.8) is 0 Å². The summed E-state index contributed by atoms with van der Waals surface area (Å²) in [5.74, 6) is -2.50. The number of ether oxygens (including phenoxy) is 1. The van der Waals surface area contributed by atoms with Crippen LogP contribution in [-0.2, 0) is 10.9 Å². The quantitative estimate of drug-likeness (QED) is 0.415. The summed E-state index contributed by atoms with van der Waals surface area (Å²) < 4.78 is 53.4. The Balaban J connectivity index is 3.23. The summed E-state index contributed by atoms with van der Waals surface area (Å²) >= 11 is 0. The van der Waals surface area contributed by atoms with Crippen LogP contribution in [0, 0.1) is 5.95 Å². The highest BCUT2D eigenvalue weighted by Crippen LogP contribution is 2.29. The molecule has 0 saturated heterocycles. The molecule has 0 fully saturated rings. The van der Waals surface area contributed by atoms with Crippen molar-refractivity contribution >= 4 is 5.97 Å². The second-order valence-corrected chi connectivity index (χ2v) is 2.55. The molecule has 3 nitrogen and oxygen atoms in total. The van der Waals surface area contributed by atoms with Gasteiger partial charge in [-0.3, -0.25) is 0 Å². The van der Waals surface area contributed by atoms with Gasteiger partial charge in [-0.2, -0.15) is 17.6 Å². The molecule has 0 spiro atoms. The van der Waals surface area contributed by atoms with Crippen molar-refractivity contribution in [1.82, 2.24) is 4.98 Å². The lowest BCUT2D eigenvalue weighted by Gasteiger charge is -2.07. The lowest BCUT2D eigenvalue weighted by atomic mass is 10.2. The highest BCUT2D eigenvalue weighted by molar-refractivity contribution is 5.89. The zero-order chi connectivity index (χ0) is 11.6. The summed E-state index contributed by atoms with van der Waals surface area (Å²) in [5.41, 5.74) is -2.04. The SMILES string of the molecule is COC(=O)c1cc(C(F)(F)F)cnc1F. The van der Waals surface area contributed by atoms with Gasteiger partial charge in [0.25, 0.3) is 0 Å². The second-order valence-electron chi connectivity index (χ2n) is 2.55. The van der Waals surface area contributed by atoms with Crippen LogP contribution in [-0.4, -0.2) is 18.1 Å². The van der Waals surface area contributed by atoms with Gasteiger partial charge < -0.3 is 4.74 Å². The summed E-state index contributed by atoms with van der Waals surface area (Å²) in [6.07, 6.45) is -4.37. The third-order valence-electron chi connectivity index (χ3n) is 1.57. The van der Waals surface area contributed by atoms with Gasteiger partial charge >= 0.3 is 12.1 Å². The van der Waals surface area contributed by atoms with Crippen LogP contribution in [0.25, 0.3) is 0 Å². The molecule has 1 heterocycles. The average molecular weight is 223 g/mol. The van der Waals surface area contributed by atoms with Gasteiger partial charge in [0.1, 0.15) is 5.56 Å². The molecular weight excluding hydrogens is 218 g/mol. The molecule has 0 radical (unpaired) electrons. The van der Waals surface area contributed by atoms with Crippen LogP contribution >= 0.6 is 0 Å². The van der Waals surface area contributed by atoms with E-state index >= 15 is 0 Å². The normalized spacial score (nSPS) is 11.3. The van der Waals surface area contributed by atoms with Gasteiger partial charge in [-0.1, -0.05) is 0 Å². The Morgan fingerprint density at radius 2 is 2.07 bits per heavy atom. The maximum Gasteiger partial charge on any atom is 0.417 e. The summed E-state index contributed by atoms with van der Waals surface area (Å²) in [5, 5.41) is 0. The van der Waals surface area contributed by atoms with Crippen LogP contribution in [0.4, 0.5) is 17.6 Å². The Morgan fingerprint density at radius 1 is 1.47 bits per heavy atom. The van der Waals surface area contributed by atoms with Crippen LogP contribution < -0.4 is 0 Å². The molecule has 1 aromatic rings. The number of methoxy groups -OCH3 is 1. The lowest BCUT2D eigenvalue weighted by molar-refractivity contribution is -0.137. The minimum atomic E-state index is -4.68. The number of nitrogens with zero attached hydrogens (tertiary/aromatic N) is 1. The van der Waals surface area contributed by atoms with E-state index in [1.807, 2.05) is 0 Å². The number of halogens is 4. The standard InChI is InChI=1S/C8H5F4NO2/c1-15-7(14)5-2-4(8(10,11)12)3-13-6(5)9/h2-3H,1H3. The fraction of sp³-hybridized carbons (Fsp3) is 0.250. The van der Waals surface area contributed by atoms with Crippen LogP contribution in [0.15, 0.2) is 12.3 Å². The smallest absolute Gasteiger partial charge is 0.417 e. The Kier molecular flexibility index (Phi) is 2.92. The molecule has 1 aromatic heterocycles. The second kappa shape index (κ2) is 3.84. The van der Waals surface area contributed by atoms with E-state index in [1.54, 1.807) is 0 Å². The van der Waals surface area contributed by atoms with Gasteiger partial charge in [0.2, 0.25) is 5.95 Å². The Labute approximate surface area is 81.7 Å². The van der Waals surface area contributed by atoms with E-state index in [0.717, 1.165) is 7.11 Å². The number of hydrogen-bond donors (Lipinski definition) is 0. The van der Waals surface area contributed by atoms with Crippen LogP contribution in [0.5, 0.6) is 0 Å². The van der Waals surface area contributed by atoms with E-state index in [4.69, 9.17) is 0 Å². The molecule has 0 amide bonds. The molecule has 7 heteroatoms. The summed E-state index contributed by atoms with van der Waals surface area (Å²) in [6, 6.07) is 0.355. The first-order valence-electron chi connectivity index (χ1n) is 3.67. The topological polar surface area (TPSA) is 39.2 Å². The number of aromatic nitrogens is 1. The molecule has 15 heavy (non-hydrogen) atoms. The molecule has 1 rings (SSSR count). The molecule has 0 aliphatic carbocycles. The van der Waals surface area contributed by atoms with Crippen LogP contribution in [0.1, 0.15) is 15.9 Å². The van der Waals surface area contributed by atoms with Crippen LogP contribution in [0.3, 0.4) is 0 Å². The number of hydrogen-bond acceptors (Lipinski definition) is 3. The van der Waals surface area contributed by atoms with Crippen molar-refractivity contribution in [2.75, 3.05) is 7.11 Å². The lowest BCUT2D eigenvalue weighted by Crippen LogP contribution is -2.12. The van der Waals surface area contributed by atoms with Gasteiger partial charge in [-0.25, -0.2) is 9.78 Å². The first-order valence-corrected chi connectivity index (χ1v) is 3.67. The molecule has 82 valence electrons. The number of rotatable bonds is 1.